The zero-order valence-corrected chi connectivity index (χ0v) is 21.1. The van der Waals surface area contributed by atoms with Crippen LogP contribution in [0.3, 0.4) is 0 Å². The number of guanidine groups is 1. The van der Waals surface area contributed by atoms with Gasteiger partial charge in [0.15, 0.2) is 5.96 Å². The number of nitrogens with one attached hydrogen (secondary N) is 2. The minimum Gasteiger partial charge on any atom is -0.444 e. The summed E-state index contributed by atoms with van der Waals surface area (Å²) in [5.74, 6) is 0.811. The van der Waals surface area contributed by atoms with Gasteiger partial charge in [0.05, 0.1) is 0 Å². The molecule has 0 bridgehead atoms. The first-order valence-electron chi connectivity index (χ1n) is 10.0. The number of amides is 1. The third kappa shape index (κ3) is 9.62. The molecule has 7 nitrogen and oxygen atoms in total. The summed E-state index contributed by atoms with van der Waals surface area (Å²) >= 11 is 0. The van der Waals surface area contributed by atoms with Crippen LogP contribution in [0, 0.1) is 5.41 Å². The van der Waals surface area contributed by atoms with E-state index in [1.807, 2.05) is 27.7 Å². The average molecular weight is 512 g/mol. The quantitative estimate of drug-likeness (QED) is 0.281. The van der Waals surface area contributed by atoms with Gasteiger partial charge in [-0.2, -0.15) is 0 Å². The second-order valence-corrected chi connectivity index (χ2v) is 8.68. The third-order valence-corrected chi connectivity index (χ3v) is 5.30. The lowest BCUT2D eigenvalue weighted by Gasteiger charge is -2.42. The summed E-state index contributed by atoms with van der Waals surface area (Å²) in [6.45, 7) is 10.1. The number of hydrogen-bond acceptors (Lipinski definition) is 4. The number of nitrogens with zero attached hydrogens (tertiary/aromatic N) is 2. The first-order valence-corrected chi connectivity index (χ1v) is 10.0. The zero-order valence-electron chi connectivity index (χ0n) is 18.8. The largest absolute Gasteiger partial charge is 0.444 e. The molecule has 0 aromatic heterocycles. The normalized spacial score (nSPS) is 17.0. The predicted molar refractivity (Wildman–Crippen MR) is 126 cm³/mol. The maximum absolute atomic E-state index is 12.1. The highest BCUT2D eigenvalue weighted by atomic mass is 127. The molecule has 1 amide bonds. The van der Waals surface area contributed by atoms with Gasteiger partial charge in [-0.15, -0.1) is 24.0 Å². The maximum atomic E-state index is 12.1. The number of aliphatic imine (C=N–C) groups is 1. The molecule has 0 aromatic rings. The van der Waals surface area contributed by atoms with Gasteiger partial charge in [-0.05, 0) is 58.8 Å². The Bertz CT molecular complexity index is 490. The molecule has 1 saturated carbocycles. The van der Waals surface area contributed by atoms with Crippen LogP contribution in [0.5, 0.6) is 0 Å². The highest BCUT2D eigenvalue weighted by Gasteiger charge is 2.36. The third-order valence-electron chi connectivity index (χ3n) is 5.30. The Morgan fingerprint density at radius 1 is 1.29 bits per heavy atom. The van der Waals surface area contributed by atoms with E-state index in [9.17, 15) is 4.79 Å². The highest BCUT2D eigenvalue weighted by Crippen LogP contribution is 2.43. The van der Waals surface area contributed by atoms with E-state index >= 15 is 0 Å². The van der Waals surface area contributed by atoms with Crippen LogP contribution in [-0.4, -0.2) is 69.5 Å². The van der Waals surface area contributed by atoms with Crippen LogP contribution in [-0.2, 0) is 9.47 Å². The highest BCUT2D eigenvalue weighted by molar-refractivity contribution is 14.0. The van der Waals surface area contributed by atoms with E-state index in [2.05, 4.69) is 15.6 Å². The molecule has 0 aliphatic heterocycles. The number of ether oxygens (including phenoxy) is 2. The molecule has 2 N–H and O–H groups in total. The first-order chi connectivity index (χ1) is 12.6. The summed E-state index contributed by atoms with van der Waals surface area (Å²) in [5.41, 5.74) is -0.132. The molecular weight excluding hydrogens is 471 g/mol. The lowest BCUT2D eigenvalue weighted by Crippen LogP contribution is -2.47. The standard InChI is InChI=1S/C20H40N4O3.HI/c1-16(24(6)18(25)27-19(2,3)4)9-13-22-17(21-5)23-15-20(10-8-11-20)12-14-26-7;/h16H,8-15H2,1-7H3,(H2,21,22,23);1H. The topological polar surface area (TPSA) is 75.2 Å². The smallest absolute Gasteiger partial charge is 0.410 e. The van der Waals surface area contributed by atoms with Gasteiger partial charge in [-0.1, -0.05) is 6.42 Å². The zero-order chi connectivity index (χ0) is 20.5. The Balaban J connectivity index is 0.00000729. The van der Waals surface area contributed by atoms with Crippen LogP contribution >= 0.6 is 24.0 Å². The van der Waals surface area contributed by atoms with Crippen molar-refractivity contribution >= 4 is 36.0 Å². The number of carbonyl (C=O) groups is 1. The van der Waals surface area contributed by atoms with Crippen LogP contribution in [0.1, 0.15) is 59.8 Å². The summed E-state index contributed by atoms with van der Waals surface area (Å²) in [7, 11) is 5.33. The van der Waals surface area contributed by atoms with E-state index < -0.39 is 5.60 Å². The van der Waals surface area contributed by atoms with Crippen LogP contribution in [0.15, 0.2) is 4.99 Å². The van der Waals surface area contributed by atoms with Crippen molar-refractivity contribution in [2.75, 3.05) is 40.9 Å². The minimum absolute atomic E-state index is 0. The van der Waals surface area contributed by atoms with Gasteiger partial charge in [-0.25, -0.2) is 4.79 Å². The molecule has 8 heteroatoms. The molecule has 0 aromatic carbocycles. The van der Waals surface area contributed by atoms with Crippen molar-refractivity contribution in [1.29, 1.82) is 0 Å². The number of carbonyl (C=O) groups excluding carboxylic acids is 1. The van der Waals surface area contributed by atoms with Crippen LogP contribution < -0.4 is 10.6 Å². The van der Waals surface area contributed by atoms with E-state index in [1.165, 1.54) is 19.3 Å². The molecule has 166 valence electrons. The van der Waals surface area contributed by atoms with Gasteiger partial charge in [0, 0.05) is 46.9 Å². The Hall–Kier alpha value is -0.770. The van der Waals surface area contributed by atoms with E-state index in [0.29, 0.717) is 5.41 Å². The fourth-order valence-electron chi connectivity index (χ4n) is 3.11. The summed E-state index contributed by atoms with van der Waals surface area (Å²) in [6.07, 6.45) is 5.40. The van der Waals surface area contributed by atoms with Gasteiger partial charge in [0.2, 0.25) is 0 Å². The minimum atomic E-state index is -0.477. The van der Waals surface area contributed by atoms with Gasteiger partial charge in [0.1, 0.15) is 5.60 Å². The van der Waals surface area contributed by atoms with Crippen molar-refractivity contribution in [2.45, 2.75) is 71.4 Å². The van der Waals surface area contributed by atoms with Crippen molar-refractivity contribution in [1.82, 2.24) is 15.5 Å². The van der Waals surface area contributed by atoms with E-state index in [4.69, 9.17) is 9.47 Å². The van der Waals surface area contributed by atoms with Crippen LogP contribution in [0.4, 0.5) is 4.79 Å². The number of methoxy groups -OCH3 is 1. The molecule has 1 aliphatic rings. The monoisotopic (exact) mass is 512 g/mol. The molecule has 1 fully saturated rings. The summed E-state index contributed by atoms with van der Waals surface area (Å²) in [5, 5.41) is 6.80. The van der Waals surface area contributed by atoms with E-state index in [1.54, 1.807) is 26.1 Å². The second-order valence-electron chi connectivity index (χ2n) is 8.68. The molecule has 1 rings (SSSR count). The molecule has 0 saturated heterocycles. The van der Waals surface area contributed by atoms with Crippen LogP contribution in [0.25, 0.3) is 0 Å². The maximum Gasteiger partial charge on any atom is 0.410 e. The molecule has 0 spiro atoms. The van der Waals surface area contributed by atoms with Crippen molar-refractivity contribution in [3.05, 3.63) is 0 Å². The van der Waals surface area contributed by atoms with Gasteiger partial charge in [-0.3, -0.25) is 4.99 Å². The van der Waals surface area contributed by atoms with Gasteiger partial charge in [0.25, 0.3) is 0 Å². The molecular formula is C20H41IN4O3. The number of rotatable bonds is 9. The molecule has 0 heterocycles. The van der Waals surface area contributed by atoms with E-state index in [-0.39, 0.29) is 36.1 Å². The van der Waals surface area contributed by atoms with Crippen molar-refractivity contribution in [3.8, 4) is 0 Å². The van der Waals surface area contributed by atoms with Gasteiger partial charge < -0.3 is 25.0 Å². The first kappa shape index (κ1) is 27.2. The summed E-state index contributed by atoms with van der Waals surface area (Å²) in [4.78, 5) is 18.1. The van der Waals surface area contributed by atoms with Crippen molar-refractivity contribution in [3.63, 3.8) is 0 Å². The summed E-state index contributed by atoms with van der Waals surface area (Å²) < 4.78 is 10.7. The Labute approximate surface area is 188 Å². The van der Waals surface area contributed by atoms with Crippen molar-refractivity contribution in [2.24, 2.45) is 10.4 Å². The molecule has 1 atom stereocenters. The Morgan fingerprint density at radius 3 is 2.39 bits per heavy atom. The second kappa shape index (κ2) is 12.7. The van der Waals surface area contributed by atoms with Crippen molar-refractivity contribution < 1.29 is 14.3 Å². The number of halogens is 1. The molecule has 0 radical (unpaired) electrons. The molecule has 28 heavy (non-hydrogen) atoms. The van der Waals surface area contributed by atoms with Gasteiger partial charge >= 0.3 is 6.09 Å². The Kier molecular flexibility index (Phi) is 12.4. The van der Waals surface area contributed by atoms with E-state index in [0.717, 1.165) is 38.5 Å². The summed E-state index contributed by atoms with van der Waals surface area (Å²) in [6, 6.07) is 0.0742. The SMILES string of the molecule is CN=C(NCCC(C)N(C)C(=O)OC(C)(C)C)NCC1(CCOC)CCC1.I. The number of hydrogen-bond donors (Lipinski definition) is 2. The fourth-order valence-corrected chi connectivity index (χ4v) is 3.11. The Morgan fingerprint density at radius 2 is 1.93 bits per heavy atom. The molecule has 1 aliphatic carbocycles. The van der Waals surface area contributed by atoms with Crippen LogP contribution in [0.2, 0.25) is 0 Å². The molecule has 1 unspecified atom stereocenters. The average Bonchev–Trinajstić information content (AvgIpc) is 2.56. The predicted octanol–water partition coefficient (Wildman–Crippen LogP) is 3.62. The lowest BCUT2D eigenvalue weighted by molar-refractivity contribution is 0.0230. The lowest BCUT2D eigenvalue weighted by atomic mass is 9.67. The fraction of sp³-hybridized carbons (Fsp3) is 0.900.